The van der Waals surface area contributed by atoms with Gasteiger partial charge in [-0.3, -0.25) is 19.7 Å². The Morgan fingerprint density at radius 3 is 2.10 bits per heavy atom. The van der Waals surface area contributed by atoms with Crippen LogP contribution in [0, 0.1) is 17.0 Å². The van der Waals surface area contributed by atoms with E-state index in [1.54, 1.807) is 34.9 Å². The molecular weight excluding hydrogens is 398 g/mol. The quantitative estimate of drug-likeness (QED) is 0.545. The van der Waals surface area contributed by atoms with Gasteiger partial charge in [0.15, 0.2) is 11.5 Å². The lowest BCUT2D eigenvalue weighted by Crippen LogP contribution is -2.50. The fraction of sp³-hybridized carbons (Fsp3) is 0.368. The van der Waals surface area contributed by atoms with Gasteiger partial charge in [0.05, 0.1) is 28.9 Å². The second-order valence-electron chi connectivity index (χ2n) is 6.46. The van der Waals surface area contributed by atoms with Crippen LogP contribution in [0.1, 0.15) is 24.9 Å². The van der Waals surface area contributed by atoms with Crippen molar-refractivity contribution in [3.8, 4) is 11.5 Å². The molecule has 0 N–H and O–H groups in total. The number of methoxy groups -OCH3 is 2. The predicted octanol–water partition coefficient (Wildman–Crippen LogP) is 2.58. The largest absolute Gasteiger partial charge is 0.493 e. The lowest BCUT2D eigenvalue weighted by molar-refractivity contribution is -0.385. The van der Waals surface area contributed by atoms with Crippen LogP contribution in [0.5, 0.6) is 11.5 Å². The summed E-state index contributed by atoms with van der Waals surface area (Å²) in [5.41, 5.74) is 0.438. The second kappa shape index (κ2) is 8.48. The highest BCUT2D eigenvalue weighted by molar-refractivity contribution is 7.14. The minimum atomic E-state index is -0.484. The summed E-state index contributed by atoms with van der Waals surface area (Å²) in [7, 11) is 3.03. The molecule has 1 aromatic carbocycles. The van der Waals surface area contributed by atoms with E-state index < -0.39 is 4.92 Å². The number of nitro groups is 1. The van der Waals surface area contributed by atoms with E-state index in [0.717, 1.165) is 11.3 Å². The van der Waals surface area contributed by atoms with Crippen molar-refractivity contribution < 1.29 is 24.0 Å². The zero-order valence-electron chi connectivity index (χ0n) is 16.3. The molecule has 9 nitrogen and oxygen atoms in total. The first-order valence-corrected chi connectivity index (χ1v) is 9.72. The summed E-state index contributed by atoms with van der Waals surface area (Å²) >= 11 is 1.12. The first kappa shape index (κ1) is 20.6. The molecule has 10 heteroatoms. The van der Waals surface area contributed by atoms with E-state index in [1.807, 2.05) is 0 Å². The molecule has 1 fully saturated rings. The van der Waals surface area contributed by atoms with Crippen molar-refractivity contribution in [2.45, 2.75) is 6.92 Å². The molecule has 2 aromatic rings. The van der Waals surface area contributed by atoms with E-state index in [4.69, 9.17) is 9.47 Å². The molecule has 154 valence electrons. The Balaban J connectivity index is 1.65. The van der Waals surface area contributed by atoms with Crippen LogP contribution in [0.3, 0.4) is 0 Å². The Morgan fingerprint density at radius 2 is 1.59 bits per heavy atom. The van der Waals surface area contributed by atoms with Gasteiger partial charge < -0.3 is 19.3 Å². The number of hydrogen-bond acceptors (Lipinski definition) is 7. The number of amides is 2. The zero-order valence-corrected chi connectivity index (χ0v) is 17.2. The summed E-state index contributed by atoms with van der Waals surface area (Å²) in [6.45, 7) is 3.11. The number of carbonyl (C=O) groups is 2. The molecule has 0 saturated carbocycles. The maximum Gasteiger partial charge on any atom is 0.283 e. The molecule has 0 aliphatic carbocycles. The summed E-state index contributed by atoms with van der Waals surface area (Å²) in [4.78, 5) is 40.1. The number of thiophene rings is 1. The maximum absolute atomic E-state index is 12.8. The van der Waals surface area contributed by atoms with Gasteiger partial charge in [-0.05, 0) is 25.1 Å². The summed E-state index contributed by atoms with van der Waals surface area (Å²) < 4.78 is 10.4. The van der Waals surface area contributed by atoms with Crippen LogP contribution in [0.25, 0.3) is 0 Å². The highest BCUT2D eigenvalue weighted by Gasteiger charge is 2.28. The fourth-order valence-electron chi connectivity index (χ4n) is 3.18. The van der Waals surface area contributed by atoms with E-state index in [-0.39, 0.29) is 17.5 Å². The number of benzene rings is 1. The van der Waals surface area contributed by atoms with Crippen molar-refractivity contribution in [3.63, 3.8) is 0 Å². The summed E-state index contributed by atoms with van der Waals surface area (Å²) in [6.07, 6.45) is 0. The molecule has 1 aliphatic rings. The van der Waals surface area contributed by atoms with Crippen LogP contribution in [-0.2, 0) is 0 Å². The molecule has 1 aliphatic heterocycles. The topological polar surface area (TPSA) is 102 Å². The van der Waals surface area contributed by atoms with Crippen LogP contribution in [0.4, 0.5) is 5.69 Å². The summed E-state index contributed by atoms with van der Waals surface area (Å²) in [5.74, 6) is 0.617. The standard InChI is InChI=1S/C19H21N3O6S/c1-12-14(22(25)26)11-17(29-12)19(24)21-8-6-20(7-9-21)18(23)13-4-5-15(27-2)16(10-13)28-3/h4-5,10-11H,6-9H2,1-3H3. The summed E-state index contributed by atoms with van der Waals surface area (Å²) in [6, 6.07) is 6.31. The molecule has 0 bridgehead atoms. The molecule has 0 radical (unpaired) electrons. The third-order valence-electron chi connectivity index (χ3n) is 4.78. The zero-order chi connectivity index (χ0) is 21.1. The third kappa shape index (κ3) is 4.16. The second-order valence-corrected chi connectivity index (χ2v) is 7.72. The van der Waals surface area contributed by atoms with Crippen LogP contribution >= 0.6 is 11.3 Å². The predicted molar refractivity (Wildman–Crippen MR) is 107 cm³/mol. The minimum Gasteiger partial charge on any atom is -0.493 e. The number of carbonyl (C=O) groups excluding carboxylic acids is 2. The highest BCUT2D eigenvalue weighted by atomic mass is 32.1. The van der Waals surface area contributed by atoms with Gasteiger partial charge in [0.1, 0.15) is 0 Å². The van der Waals surface area contributed by atoms with Crippen molar-refractivity contribution >= 4 is 28.8 Å². The molecular formula is C19H21N3O6S. The lowest BCUT2D eigenvalue weighted by Gasteiger charge is -2.34. The third-order valence-corrected chi connectivity index (χ3v) is 5.81. The molecule has 29 heavy (non-hydrogen) atoms. The Hall–Kier alpha value is -3.14. The van der Waals surface area contributed by atoms with Crippen LogP contribution in [0.2, 0.25) is 0 Å². The van der Waals surface area contributed by atoms with E-state index >= 15 is 0 Å². The molecule has 2 amide bonds. The van der Waals surface area contributed by atoms with Crippen molar-refractivity contribution in [1.29, 1.82) is 0 Å². The molecule has 1 aromatic heterocycles. The average molecular weight is 419 g/mol. The number of aryl methyl sites for hydroxylation is 1. The van der Waals surface area contributed by atoms with Gasteiger partial charge in [-0.25, -0.2) is 0 Å². The van der Waals surface area contributed by atoms with Gasteiger partial charge in [-0.15, -0.1) is 11.3 Å². The van der Waals surface area contributed by atoms with E-state index in [2.05, 4.69) is 0 Å². The summed E-state index contributed by atoms with van der Waals surface area (Å²) in [5, 5.41) is 11.0. The Kier molecular flexibility index (Phi) is 6.02. The van der Waals surface area contributed by atoms with Crippen LogP contribution in [0.15, 0.2) is 24.3 Å². The number of hydrogen-bond donors (Lipinski definition) is 0. The number of nitrogens with zero attached hydrogens (tertiary/aromatic N) is 3. The fourth-order valence-corrected chi connectivity index (χ4v) is 4.13. The van der Waals surface area contributed by atoms with Gasteiger partial charge in [0, 0.05) is 37.8 Å². The first-order valence-electron chi connectivity index (χ1n) is 8.91. The van der Waals surface area contributed by atoms with Gasteiger partial charge in [0.2, 0.25) is 0 Å². The number of rotatable bonds is 5. The SMILES string of the molecule is COc1ccc(C(=O)N2CCN(C(=O)c3cc([N+](=O)[O-])c(C)s3)CC2)cc1OC. The minimum absolute atomic E-state index is 0.0411. The van der Waals surface area contributed by atoms with Gasteiger partial charge >= 0.3 is 0 Å². The van der Waals surface area contributed by atoms with Gasteiger partial charge in [0.25, 0.3) is 17.5 Å². The lowest BCUT2D eigenvalue weighted by atomic mass is 10.1. The first-order chi connectivity index (χ1) is 13.8. The Morgan fingerprint density at radius 1 is 1.00 bits per heavy atom. The molecule has 2 heterocycles. The molecule has 1 saturated heterocycles. The van der Waals surface area contributed by atoms with Crippen molar-refractivity contribution in [2.24, 2.45) is 0 Å². The highest BCUT2D eigenvalue weighted by Crippen LogP contribution is 2.30. The molecule has 0 unspecified atom stereocenters. The maximum atomic E-state index is 12.8. The van der Waals surface area contributed by atoms with Crippen molar-refractivity contribution in [3.05, 3.63) is 49.7 Å². The van der Waals surface area contributed by atoms with Crippen molar-refractivity contribution in [2.75, 3.05) is 40.4 Å². The van der Waals surface area contributed by atoms with Crippen LogP contribution in [-0.4, -0.2) is 66.9 Å². The average Bonchev–Trinajstić information content (AvgIpc) is 3.14. The molecule has 0 atom stereocenters. The number of ether oxygens (including phenoxy) is 2. The van der Waals surface area contributed by atoms with Gasteiger partial charge in [-0.2, -0.15) is 0 Å². The monoisotopic (exact) mass is 419 g/mol. The van der Waals surface area contributed by atoms with E-state index in [0.29, 0.717) is 53.0 Å². The normalized spacial score (nSPS) is 13.9. The van der Waals surface area contributed by atoms with Gasteiger partial charge in [-0.1, -0.05) is 0 Å². The van der Waals surface area contributed by atoms with E-state index in [9.17, 15) is 19.7 Å². The number of piperazine rings is 1. The van der Waals surface area contributed by atoms with Crippen molar-refractivity contribution in [1.82, 2.24) is 9.80 Å². The smallest absolute Gasteiger partial charge is 0.283 e. The van der Waals surface area contributed by atoms with E-state index in [1.165, 1.54) is 20.3 Å². The molecule has 3 rings (SSSR count). The Labute approximate surface area is 171 Å². The Bertz CT molecular complexity index is 949. The van der Waals surface area contributed by atoms with Crippen LogP contribution < -0.4 is 9.47 Å². The molecule has 0 spiro atoms.